The number of ether oxygens (including phenoxy) is 4. The highest BCUT2D eigenvalue weighted by molar-refractivity contribution is 5.90. The first-order valence-corrected chi connectivity index (χ1v) is 22.2. The van der Waals surface area contributed by atoms with Crippen molar-refractivity contribution in [2.45, 2.75) is 160 Å². The van der Waals surface area contributed by atoms with E-state index in [0.29, 0.717) is 31.4 Å². The van der Waals surface area contributed by atoms with Gasteiger partial charge in [0, 0.05) is 27.8 Å². The van der Waals surface area contributed by atoms with Crippen molar-refractivity contribution in [1.82, 2.24) is 25.8 Å². The van der Waals surface area contributed by atoms with Crippen molar-refractivity contribution >= 4 is 23.6 Å². The molecule has 0 aromatic heterocycles. The molecule has 2 aliphatic rings. The Balaban J connectivity index is 1.80. The number of aliphatic hydroxyl groups excluding tert-OH is 4. The lowest BCUT2D eigenvalue weighted by molar-refractivity contribution is -0.314. The Morgan fingerprint density at radius 1 is 0.887 bits per heavy atom. The average Bonchev–Trinajstić information content (AvgIpc) is 3.74. The number of methoxy groups -OCH3 is 2. The second-order valence-electron chi connectivity index (χ2n) is 17.8. The first-order valence-electron chi connectivity index (χ1n) is 22.2. The average molecular weight is 880 g/mol. The summed E-state index contributed by atoms with van der Waals surface area (Å²) in [5.74, 6) is -2.13. The third-order valence-corrected chi connectivity index (χ3v) is 12.8. The molecule has 1 aromatic rings. The van der Waals surface area contributed by atoms with Gasteiger partial charge in [0.25, 0.3) is 0 Å². The van der Waals surface area contributed by atoms with E-state index in [4.69, 9.17) is 18.9 Å². The van der Waals surface area contributed by atoms with Gasteiger partial charge < -0.3 is 65.1 Å². The first kappa shape index (κ1) is 53.1. The molecule has 0 bridgehead atoms. The summed E-state index contributed by atoms with van der Waals surface area (Å²) >= 11 is 0. The fourth-order valence-corrected chi connectivity index (χ4v) is 8.93. The highest BCUT2D eigenvalue weighted by atomic mass is 16.7. The number of hydrogen-bond acceptors (Lipinski definition) is 13. The topological polar surface area (TPSA) is 229 Å². The predicted octanol–water partition coefficient (Wildman–Crippen LogP) is 1.35. The Hall–Kier alpha value is -3.26. The van der Waals surface area contributed by atoms with Crippen LogP contribution in [0.1, 0.15) is 92.7 Å². The Morgan fingerprint density at radius 2 is 1.52 bits per heavy atom. The Morgan fingerprint density at radius 3 is 2.05 bits per heavy atom. The molecule has 7 N–H and O–H groups in total. The van der Waals surface area contributed by atoms with Crippen molar-refractivity contribution in [3.05, 3.63) is 35.9 Å². The quantitative estimate of drug-likeness (QED) is 0.0825. The van der Waals surface area contributed by atoms with Crippen LogP contribution >= 0.6 is 0 Å². The summed E-state index contributed by atoms with van der Waals surface area (Å²) in [6.45, 7) is 15.0. The molecule has 354 valence electrons. The molecule has 2 heterocycles. The van der Waals surface area contributed by atoms with Gasteiger partial charge in [-0.2, -0.15) is 0 Å². The minimum absolute atomic E-state index is 0.00479. The molecule has 2 fully saturated rings. The van der Waals surface area contributed by atoms with Crippen LogP contribution < -0.4 is 16.0 Å². The van der Waals surface area contributed by atoms with Gasteiger partial charge in [-0.3, -0.25) is 19.2 Å². The van der Waals surface area contributed by atoms with Gasteiger partial charge in [0.2, 0.25) is 23.6 Å². The van der Waals surface area contributed by atoms with E-state index in [0.717, 1.165) is 0 Å². The summed E-state index contributed by atoms with van der Waals surface area (Å²) < 4.78 is 23.9. The normalized spacial score (nSPS) is 26.2. The van der Waals surface area contributed by atoms with E-state index < -0.39 is 91.8 Å². The maximum Gasteiger partial charge on any atom is 0.245 e. The Kier molecular flexibility index (Phi) is 21.2. The second kappa shape index (κ2) is 24.7. The van der Waals surface area contributed by atoms with Crippen LogP contribution in [0.5, 0.6) is 0 Å². The molecular formula is C45H77N5O12. The molecule has 0 aliphatic carbocycles. The van der Waals surface area contributed by atoms with E-state index in [2.05, 4.69) is 16.0 Å². The number of hydrogen-bond donors (Lipinski definition) is 7. The molecule has 0 saturated carbocycles. The van der Waals surface area contributed by atoms with E-state index >= 15 is 0 Å². The minimum Gasteiger partial charge on any atom is -0.394 e. The lowest BCUT2D eigenvalue weighted by Gasteiger charge is -2.42. The molecule has 17 heteroatoms. The number of carbonyl (C=O) groups excluding carboxylic acids is 4. The van der Waals surface area contributed by atoms with E-state index in [1.54, 1.807) is 62.0 Å². The third kappa shape index (κ3) is 12.9. The minimum atomic E-state index is -1.65. The van der Waals surface area contributed by atoms with Crippen molar-refractivity contribution < 1.29 is 58.6 Å². The van der Waals surface area contributed by atoms with Crippen LogP contribution in [0.3, 0.4) is 0 Å². The van der Waals surface area contributed by atoms with Crippen LogP contribution in [-0.4, -0.2) is 168 Å². The molecule has 0 radical (unpaired) electrons. The zero-order valence-corrected chi connectivity index (χ0v) is 38.9. The summed E-state index contributed by atoms with van der Waals surface area (Å²) in [7, 11) is 6.46. The van der Waals surface area contributed by atoms with Gasteiger partial charge in [0.05, 0.1) is 55.3 Å². The van der Waals surface area contributed by atoms with Crippen molar-refractivity contribution in [3.8, 4) is 0 Å². The second-order valence-corrected chi connectivity index (χ2v) is 17.8. The lowest BCUT2D eigenvalue weighted by Crippen LogP contribution is -2.60. The highest BCUT2D eigenvalue weighted by Crippen LogP contribution is 2.32. The highest BCUT2D eigenvalue weighted by Gasteiger charge is 2.47. The summed E-state index contributed by atoms with van der Waals surface area (Å²) in [4.78, 5) is 59.3. The molecule has 15 unspecified atom stereocenters. The zero-order valence-electron chi connectivity index (χ0n) is 38.9. The Labute approximate surface area is 368 Å². The van der Waals surface area contributed by atoms with Gasteiger partial charge in [-0.25, -0.2) is 0 Å². The van der Waals surface area contributed by atoms with Crippen molar-refractivity contribution in [1.29, 1.82) is 0 Å². The van der Waals surface area contributed by atoms with Gasteiger partial charge in [-0.1, -0.05) is 85.2 Å². The standard InChI is InChI=1S/C45H77N5O12/c1-13-26(6)36(49(10)44(58)35(25(4)5)48-43(57)34(46-9)24(2)3)31(59-11)22-33(52)50-21-17-20-30(50)40(60-12)27(7)42(56)47-28(8)41(29-18-15-14-16-19-29)62-45-39(55)38(54)37(53)32(23-51)61-45/h14-16,18-19,24-28,30-32,34-41,45-46,51,53-55H,13,17,20-23H2,1-12H3,(H,47,56)(H,48,57). The smallest absolute Gasteiger partial charge is 0.245 e. The van der Waals surface area contributed by atoms with Crippen molar-refractivity contribution in [2.24, 2.45) is 23.7 Å². The number of nitrogens with one attached hydrogen (secondary N) is 3. The number of amides is 4. The number of rotatable bonds is 23. The number of nitrogens with zero attached hydrogens (tertiary/aromatic N) is 2. The van der Waals surface area contributed by atoms with Gasteiger partial charge in [0.15, 0.2) is 6.29 Å². The first-order chi connectivity index (χ1) is 29.3. The van der Waals surface area contributed by atoms with E-state index in [1.165, 1.54) is 14.2 Å². The fourth-order valence-electron chi connectivity index (χ4n) is 8.93. The summed E-state index contributed by atoms with van der Waals surface area (Å²) in [5, 5.41) is 50.2. The molecule has 3 rings (SSSR count). The van der Waals surface area contributed by atoms with E-state index in [9.17, 15) is 39.6 Å². The number of likely N-dealkylation sites (N-methyl/N-ethyl adjacent to an activating group) is 2. The van der Waals surface area contributed by atoms with Gasteiger partial charge in [0.1, 0.15) is 36.6 Å². The van der Waals surface area contributed by atoms with Crippen molar-refractivity contribution in [2.75, 3.05) is 41.5 Å². The summed E-state index contributed by atoms with van der Waals surface area (Å²) in [5.41, 5.74) is 0.634. The van der Waals surface area contributed by atoms with Crippen LogP contribution in [0.15, 0.2) is 30.3 Å². The third-order valence-electron chi connectivity index (χ3n) is 12.8. The van der Waals surface area contributed by atoms with Crippen LogP contribution in [0.2, 0.25) is 0 Å². The zero-order chi connectivity index (χ0) is 46.6. The van der Waals surface area contributed by atoms with Gasteiger partial charge in [-0.05, 0) is 50.1 Å². The van der Waals surface area contributed by atoms with E-state index in [1.807, 2.05) is 47.6 Å². The maximum atomic E-state index is 14.4. The van der Waals surface area contributed by atoms with Gasteiger partial charge in [-0.15, -0.1) is 0 Å². The molecule has 0 spiro atoms. The molecule has 62 heavy (non-hydrogen) atoms. The molecule has 2 aliphatic heterocycles. The number of likely N-dealkylation sites (tertiary alicyclic amines) is 1. The van der Waals surface area contributed by atoms with E-state index in [-0.39, 0.29) is 47.8 Å². The molecule has 15 atom stereocenters. The monoisotopic (exact) mass is 880 g/mol. The predicted molar refractivity (Wildman–Crippen MR) is 232 cm³/mol. The summed E-state index contributed by atoms with van der Waals surface area (Å²) in [6.07, 6.45) is -7.80. The fraction of sp³-hybridized carbons (Fsp3) is 0.778. The largest absolute Gasteiger partial charge is 0.394 e. The van der Waals surface area contributed by atoms with Crippen molar-refractivity contribution in [3.63, 3.8) is 0 Å². The molecule has 1 aromatic carbocycles. The number of benzene rings is 1. The van der Waals surface area contributed by atoms with Crippen LogP contribution in [0.25, 0.3) is 0 Å². The number of aliphatic hydroxyl groups is 4. The Bertz CT molecular complexity index is 1550. The summed E-state index contributed by atoms with van der Waals surface area (Å²) in [6, 6.07) is 6.00. The molecular weight excluding hydrogens is 803 g/mol. The lowest BCUT2D eigenvalue weighted by atomic mass is 9.89. The van der Waals surface area contributed by atoms with Gasteiger partial charge >= 0.3 is 0 Å². The number of carbonyl (C=O) groups is 4. The molecule has 2 saturated heterocycles. The molecule has 17 nitrogen and oxygen atoms in total. The maximum absolute atomic E-state index is 14.4. The van der Waals surface area contributed by atoms with Crippen LogP contribution in [0, 0.1) is 23.7 Å². The SMILES string of the molecule is CCC(C)C(C(CC(=O)N1CCCC1C(OC)C(C)C(=O)NC(C)C(OC1OC(CO)C(O)C(O)C1O)c1ccccc1)OC)N(C)C(=O)C(NC(=O)C(NC)C(C)C)C(C)C. The molecule has 4 amide bonds. The van der Waals surface area contributed by atoms with Crippen LogP contribution in [0.4, 0.5) is 0 Å². The van der Waals surface area contributed by atoms with Crippen LogP contribution in [-0.2, 0) is 38.1 Å².